The van der Waals surface area contributed by atoms with Gasteiger partial charge in [-0.2, -0.15) is 0 Å². The lowest BCUT2D eigenvalue weighted by Gasteiger charge is -2.55. The van der Waals surface area contributed by atoms with Gasteiger partial charge in [0.05, 0.1) is 13.0 Å². The van der Waals surface area contributed by atoms with Gasteiger partial charge in [0, 0.05) is 70.2 Å². The van der Waals surface area contributed by atoms with Crippen LogP contribution in [-0.2, 0) is 22.4 Å². The number of benzene rings is 2. The van der Waals surface area contributed by atoms with Crippen molar-refractivity contribution in [3.05, 3.63) is 82.2 Å². The summed E-state index contributed by atoms with van der Waals surface area (Å²) in [6, 6.07) is 16.2. The van der Waals surface area contributed by atoms with E-state index in [1.165, 1.54) is 63.5 Å². The Bertz CT molecular complexity index is 1870. The summed E-state index contributed by atoms with van der Waals surface area (Å²) in [7, 11) is 1.53. The van der Waals surface area contributed by atoms with Crippen molar-refractivity contribution in [2.45, 2.75) is 82.5 Å². The molecule has 4 fully saturated rings. The van der Waals surface area contributed by atoms with E-state index >= 15 is 0 Å². The third kappa shape index (κ3) is 4.10. The molecule has 1 saturated carbocycles. The fraction of sp³-hybridized carbons (Fsp3) is 0.513. The summed E-state index contributed by atoms with van der Waals surface area (Å²) >= 11 is 0. The van der Waals surface area contributed by atoms with Gasteiger partial charge in [0.1, 0.15) is 6.23 Å². The van der Waals surface area contributed by atoms with E-state index in [1.54, 1.807) is 0 Å². The number of ether oxygens (including phenoxy) is 1. The molecule has 10 rings (SSSR count). The molecule has 10 unspecified atom stereocenters. The second kappa shape index (κ2) is 10.8. The molecule has 7 nitrogen and oxygen atoms in total. The number of nitrogens with one attached hydrogen (secondary N) is 3. The Labute approximate surface area is 270 Å². The Morgan fingerprint density at radius 3 is 2.67 bits per heavy atom. The maximum absolute atomic E-state index is 13.5. The van der Waals surface area contributed by atoms with E-state index < -0.39 is 0 Å². The van der Waals surface area contributed by atoms with E-state index in [-0.39, 0.29) is 36.0 Å². The maximum atomic E-state index is 13.5. The molecule has 240 valence electrons. The van der Waals surface area contributed by atoms with Crippen molar-refractivity contribution in [1.82, 2.24) is 20.2 Å². The van der Waals surface area contributed by atoms with E-state index in [9.17, 15) is 9.90 Å². The lowest BCUT2D eigenvalue weighted by molar-refractivity contribution is -0.156. The third-order valence-electron chi connectivity index (χ3n) is 12.9. The predicted molar refractivity (Wildman–Crippen MR) is 181 cm³/mol. The number of esters is 1. The van der Waals surface area contributed by atoms with Crippen LogP contribution in [0.1, 0.15) is 79.4 Å². The van der Waals surface area contributed by atoms with E-state index in [0.29, 0.717) is 23.8 Å². The number of methoxy groups -OCH3 is 1. The number of aliphatic hydroxyl groups excluding tert-OH is 1. The van der Waals surface area contributed by atoms with Crippen molar-refractivity contribution >= 4 is 27.8 Å². The maximum Gasteiger partial charge on any atom is 0.310 e. The molecule has 0 radical (unpaired) electrons. The highest BCUT2D eigenvalue weighted by Crippen LogP contribution is 2.53. The van der Waals surface area contributed by atoms with Crippen LogP contribution in [-0.4, -0.2) is 64.5 Å². The van der Waals surface area contributed by atoms with Crippen LogP contribution in [0.3, 0.4) is 0 Å². The average molecular weight is 619 g/mol. The van der Waals surface area contributed by atoms with Gasteiger partial charge in [-0.3, -0.25) is 9.69 Å². The van der Waals surface area contributed by atoms with Gasteiger partial charge in [-0.25, -0.2) is 0 Å². The summed E-state index contributed by atoms with van der Waals surface area (Å²) in [6.45, 7) is 6.16. The summed E-state index contributed by atoms with van der Waals surface area (Å²) in [4.78, 5) is 23.8. The van der Waals surface area contributed by atoms with Crippen LogP contribution >= 0.6 is 0 Å². The molecule has 4 aromatic rings. The third-order valence-corrected chi connectivity index (χ3v) is 12.9. The highest BCUT2D eigenvalue weighted by atomic mass is 16.5. The van der Waals surface area contributed by atoms with Crippen LogP contribution in [0, 0.1) is 23.7 Å². The standard InChI is InChI=1S/C39H46N4O3/c1-4-20-14-23-15-30-35-26(12-13-43(37(20)30)38(23)44)25-11-10-22(16-32(25)42-35)28-17-27-21(5-2)19-40-33(34(27)39(45)46-3)18-29-24-8-6-7-9-31(24)41-36(28)29/h5-11,16,20,23,27-28,30,33-34,37-38,40-42,44H,4,12-15,17-19H2,1-3H3. The number of hydrogen-bond donors (Lipinski definition) is 4. The van der Waals surface area contributed by atoms with Crippen LogP contribution in [0.15, 0.2) is 54.1 Å². The Morgan fingerprint density at radius 2 is 1.85 bits per heavy atom. The summed E-state index contributed by atoms with van der Waals surface area (Å²) in [5.41, 5.74) is 10.5. The van der Waals surface area contributed by atoms with Crippen molar-refractivity contribution in [2.75, 3.05) is 20.2 Å². The van der Waals surface area contributed by atoms with E-state index in [0.717, 1.165) is 50.7 Å². The van der Waals surface area contributed by atoms with Crippen LogP contribution in [0.25, 0.3) is 21.8 Å². The minimum Gasteiger partial charge on any atom is -0.469 e. The molecule has 3 saturated heterocycles. The zero-order chi connectivity index (χ0) is 31.3. The molecule has 6 bridgehead atoms. The van der Waals surface area contributed by atoms with Gasteiger partial charge in [-0.1, -0.05) is 55.3 Å². The van der Waals surface area contributed by atoms with Gasteiger partial charge in [0.15, 0.2) is 0 Å². The second-order valence-corrected chi connectivity index (χ2v) is 14.8. The fourth-order valence-electron chi connectivity index (χ4n) is 10.9. The Kier molecular flexibility index (Phi) is 6.78. The zero-order valence-corrected chi connectivity index (χ0v) is 27.2. The smallest absolute Gasteiger partial charge is 0.310 e. The first kappa shape index (κ1) is 28.8. The van der Waals surface area contributed by atoms with Crippen molar-refractivity contribution in [1.29, 1.82) is 0 Å². The number of fused-ring (bicyclic) bond motifs is 9. The molecule has 2 aromatic heterocycles. The Hall–Kier alpha value is -3.39. The number of carbonyl (C=O) groups is 1. The lowest BCUT2D eigenvalue weighted by Crippen LogP contribution is -2.61. The van der Waals surface area contributed by atoms with Gasteiger partial charge in [-0.15, -0.1) is 0 Å². The van der Waals surface area contributed by atoms with Crippen molar-refractivity contribution < 1.29 is 14.6 Å². The number of H-pyrrole nitrogens is 2. The fourth-order valence-corrected chi connectivity index (χ4v) is 10.9. The van der Waals surface area contributed by atoms with Crippen LogP contribution in [0.4, 0.5) is 0 Å². The molecule has 7 heteroatoms. The van der Waals surface area contributed by atoms with E-state index in [1.807, 2.05) is 0 Å². The number of nitrogens with zero attached hydrogens (tertiary/aromatic N) is 1. The minimum absolute atomic E-state index is 0.0254. The molecule has 6 heterocycles. The highest BCUT2D eigenvalue weighted by Gasteiger charge is 2.53. The molecule has 2 aliphatic carbocycles. The Morgan fingerprint density at radius 1 is 1.02 bits per heavy atom. The largest absolute Gasteiger partial charge is 0.469 e. The number of aromatic amines is 2. The first-order valence-corrected chi connectivity index (χ1v) is 17.6. The zero-order valence-electron chi connectivity index (χ0n) is 27.2. The molecule has 10 atom stereocenters. The molecular formula is C39H46N4O3. The van der Waals surface area contributed by atoms with Gasteiger partial charge < -0.3 is 25.1 Å². The number of carbonyl (C=O) groups excluding carboxylic acids is 1. The Balaban J connectivity index is 1.18. The lowest BCUT2D eigenvalue weighted by atomic mass is 9.64. The van der Waals surface area contributed by atoms with Crippen LogP contribution < -0.4 is 5.32 Å². The number of hydrogen-bond acceptors (Lipinski definition) is 5. The molecule has 2 aromatic carbocycles. The first-order chi connectivity index (χ1) is 22.5. The number of aliphatic hydroxyl groups is 1. The predicted octanol–water partition coefficient (Wildman–Crippen LogP) is 6.13. The van der Waals surface area contributed by atoms with E-state index in [2.05, 4.69) is 82.6 Å². The number of allylic oxidation sites excluding steroid dienone is 1. The summed E-state index contributed by atoms with van der Waals surface area (Å²) in [5.74, 6) is 1.33. The molecular weight excluding hydrogens is 572 g/mol. The second-order valence-electron chi connectivity index (χ2n) is 14.8. The van der Waals surface area contributed by atoms with Crippen molar-refractivity contribution in [3.8, 4) is 0 Å². The number of para-hydroxylation sites is 1. The van der Waals surface area contributed by atoms with Crippen molar-refractivity contribution in [2.24, 2.45) is 23.7 Å². The summed E-state index contributed by atoms with van der Waals surface area (Å²) < 4.78 is 5.47. The van der Waals surface area contributed by atoms with Gasteiger partial charge in [0.25, 0.3) is 0 Å². The van der Waals surface area contributed by atoms with Crippen LogP contribution in [0.5, 0.6) is 0 Å². The van der Waals surface area contributed by atoms with Gasteiger partial charge >= 0.3 is 5.97 Å². The van der Waals surface area contributed by atoms with Gasteiger partial charge in [-0.05, 0) is 85.6 Å². The first-order valence-electron chi connectivity index (χ1n) is 17.6. The number of rotatable bonds is 3. The molecule has 6 aliphatic rings. The molecule has 0 amide bonds. The SMILES string of the molecule is CC=C1CNC2Cc3c([nH]c4ccccc34)C(c3ccc4c5c([nH]c4c3)C3CC4CC(CC)C3N(CC5)C4O)CC1C2C(=O)OC. The normalized spacial score (nSPS) is 35.8. The van der Waals surface area contributed by atoms with Crippen molar-refractivity contribution in [3.63, 3.8) is 0 Å². The molecule has 0 spiro atoms. The quantitative estimate of drug-likeness (QED) is 0.164. The van der Waals surface area contributed by atoms with Gasteiger partial charge in [0.2, 0.25) is 0 Å². The molecule has 4 aliphatic heterocycles. The van der Waals surface area contributed by atoms with Crippen LogP contribution in [0.2, 0.25) is 0 Å². The minimum atomic E-state index is -0.291. The topological polar surface area (TPSA) is 93.4 Å². The monoisotopic (exact) mass is 618 g/mol. The number of aromatic nitrogens is 2. The average Bonchev–Trinajstić information content (AvgIpc) is 3.59. The molecule has 4 N–H and O–H groups in total. The van der Waals surface area contributed by atoms with E-state index in [4.69, 9.17) is 4.74 Å². The number of piperidine rings is 3. The highest BCUT2D eigenvalue weighted by molar-refractivity contribution is 5.88. The summed E-state index contributed by atoms with van der Waals surface area (Å²) in [5, 5.41) is 17.5. The molecule has 46 heavy (non-hydrogen) atoms. The summed E-state index contributed by atoms with van der Waals surface area (Å²) in [6.07, 6.45) is 7.93.